The fraction of sp³-hybridized carbons (Fsp3) is 0.333. The predicted molar refractivity (Wildman–Crippen MR) is 127 cm³/mol. The highest BCUT2D eigenvalue weighted by molar-refractivity contribution is 5.94. The van der Waals surface area contributed by atoms with Gasteiger partial charge in [0.25, 0.3) is 5.91 Å². The van der Waals surface area contributed by atoms with E-state index in [-0.39, 0.29) is 24.7 Å². The molecule has 0 fully saturated rings. The Kier molecular flexibility index (Phi) is 8.26. The van der Waals surface area contributed by atoms with Crippen LogP contribution in [0.25, 0.3) is 0 Å². The van der Waals surface area contributed by atoms with Crippen LogP contribution in [0.4, 0.5) is 5.69 Å². The summed E-state index contributed by atoms with van der Waals surface area (Å²) in [5, 5.41) is 28.3. The molecule has 2 N–H and O–H groups in total. The van der Waals surface area contributed by atoms with Gasteiger partial charge in [-0.3, -0.25) is 19.6 Å². The van der Waals surface area contributed by atoms with Gasteiger partial charge in [-0.1, -0.05) is 18.2 Å². The first-order valence-electron chi connectivity index (χ1n) is 10.8. The van der Waals surface area contributed by atoms with Gasteiger partial charge in [-0.2, -0.15) is 5.10 Å². The van der Waals surface area contributed by atoms with Crippen LogP contribution in [0.3, 0.4) is 0 Å². The van der Waals surface area contributed by atoms with E-state index in [0.717, 1.165) is 5.56 Å². The van der Waals surface area contributed by atoms with E-state index in [9.17, 15) is 20.0 Å². The summed E-state index contributed by atoms with van der Waals surface area (Å²) >= 11 is 0. The van der Waals surface area contributed by atoms with Crippen molar-refractivity contribution in [2.75, 3.05) is 27.4 Å². The predicted octanol–water partition coefficient (Wildman–Crippen LogP) is 2.64. The lowest BCUT2D eigenvalue weighted by Crippen LogP contribution is -2.35. The quantitative estimate of drug-likeness (QED) is 0.313. The lowest BCUT2D eigenvalue weighted by Gasteiger charge is -2.17. The molecule has 11 heteroatoms. The van der Waals surface area contributed by atoms with Gasteiger partial charge < -0.3 is 24.6 Å². The van der Waals surface area contributed by atoms with E-state index < -0.39 is 11.0 Å². The van der Waals surface area contributed by atoms with Gasteiger partial charge in [-0.15, -0.1) is 0 Å². The number of carbonyl (C=O) groups is 1. The van der Waals surface area contributed by atoms with Gasteiger partial charge in [0.2, 0.25) is 5.75 Å². The number of aromatic nitrogens is 2. The number of amides is 1. The maximum atomic E-state index is 12.5. The first-order valence-corrected chi connectivity index (χ1v) is 10.8. The minimum absolute atomic E-state index is 0.00712. The van der Waals surface area contributed by atoms with Crippen molar-refractivity contribution in [2.45, 2.75) is 26.5 Å². The molecule has 0 aliphatic carbocycles. The first kappa shape index (κ1) is 25.5. The van der Waals surface area contributed by atoms with Crippen LogP contribution < -0.4 is 19.5 Å². The van der Waals surface area contributed by atoms with E-state index >= 15 is 0 Å². The number of aryl methyl sites for hydroxylation is 1. The van der Waals surface area contributed by atoms with Crippen molar-refractivity contribution in [3.05, 3.63) is 75.1 Å². The van der Waals surface area contributed by atoms with Crippen molar-refractivity contribution in [3.63, 3.8) is 0 Å². The Hall–Kier alpha value is -4.12. The van der Waals surface area contributed by atoms with Gasteiger partial charge in [0.15, 0.2) is 11.5 Å². The molecule has 3 aromatic rings. The third kappa shape index (κ3) is 6.07. The first-order chi connectivity index (χ1) is 16.7. The van der Waals surface area contributed by atoms with Crippen LogP contribution in [-0.4, -0.2) is 59.2 Å². The van der Waals surface area contributed by atoms with Crippen molar-refractivity contribution in [1.82, 2.24) is 15.1 Å². The smallest absolute Gasteiger partial charge is 0.312 e. The Labute approximate surface area is 202 Å². The Bertz CT molecular complexity index is 1170. The monoisotopic (exact) mass is 484 g/mol. The molecular formula is C24H28N4O7. The second-order valence-corrected chi connectivity index (χ2v) is 7.80. The summed E-state index contributed by atoms with van der Waals surface area (Å²) in [6.45, 7) is 3.49. The highest BCUT2D eigenvalue weighted by atomic mass is 16.6. The van der Waals surface area contributed by atoms with Crippen LogP contribution >= 0.6 is 0 Å². The summed E-state index contributed by atoms with van der Waals surface area (Å²) in [7, 11) is 3.01. The number of hydrogen-bond acceptors (Lipinski definition) is 8. The van der Waals surface area contributed by atoms with Crippen molar-refractivity contribution in [3.8, 4) is 17.2 Å². The lowest BCUT2D eigenvalue weighted by molar-refractivity contribution is -0.386. The molecule has 2 aromatic carbocycles. The Morgan fingerprint density at radius 3 is 2.31 bits per heavy atom. The molecule has 1 unspecified atom stereocenters. The molecule has 0 radical (unpaired) electrons. The van der Waals surface area contributed by atoms with Gasteiger partial charge in [0.1, 0.15) is 24.1 Å². The van der Waals surface area contributed by atoms with Crippen LogP contribution in [0.2, 0.25) is 0 Å². The van der Waals surface area contributed by atoms with E-state index in [1.54, 1.807) is 61.0 Å². The lowest BCUT2D eigenvalue weighted by atomic mass is 10.1. The largest absolute Gasteiger partial charge is 0.493 e. The number of hydrogen-bond donors (Lipinski definition) is 2. The third-order valence-electron chi connectivity index (χ3n) is 5.38. The minimum atomic E-state index is -0.963. The summed E-state index contributed by atoms with van der Waals surface area (Å²) in [5.74, 6) is 0.949. The second-order valence-electron chi connectivity index (χ2n) is 7.80. The Morgan fingerprint density at radius 1 is 1.14 bits per heavy atom. The average molecular weight is 485 g/mol. The van der Waals surface area contributed by atoms with Crippen molar-refractivity contribution in [1.29, 1.82) is 0 Å². The van der Waals surface area contributed by atoms with E-state index in [1.807, 2.05) is 0 Å². The second kappa shape index (κ2) is 11.3. The number of aliphatic hydroxyl groups excluding tert-OH is 1. The number of rotatable bonds is 11. The van der Waals surface area contributed by atoms with Crippen molar-refractivity contribution < 1.29 is 29.0 Å². The number of benzene rings is 2. The molecule has 186 valence electrons. The zero-order chi connectivity index (χ0) is 25.5. The molecule has 0 saturated carbocycles. The molecule has 35 heavy (non-hydrogen) atoms. The summed E-state index contributed by atoms with van der Waals surface area (Å²) < 4.78 is 17.7. The van der Waals surface area contributed by atoms with Crippen LogP contribution in [0.1, 0.15) is 27.3 Å². The van der Waals surface area contributed by atoms with Crippen LogP contribution in [0, 0.1) is 24.0 Å². The Balaban J connectivity index is 1.54. The number of nitrogens with one attached hydrogen (secondary N) is 1. The molecule has 11 nitrogen and oxygen atoms in total. The molecule has 0 aliphatic rings. The molecular weight excluding hydrogens is 456 g/mol. The zero-order valence-corrected chi connectivity index (χ0v) is 20.0. The fourth-order valence-electron chi connectivity index (χ4n) is 3.55. The average Bonchev–Trinajstić information content (AvgIpc) is 3.13. The standard InChI is InChI=1S/C24H28N4O7/c1-15-22(28(31)32)16(2)27(26-15)13-17-8-10-18(11-9-17)24(30)25-12-19(29)14-35-23-20(33-3)6-5-7-21(23)34-4/h5-11,19,29H,12-14H2,1-4H3,(H,25,30). The van der Waals surface area contributed by atoms with Crippen LogP contribution in [0.5, 0.6) is 17.2 Å². The fourth-order valence-corrected chi connectivity index (χ4v) is 3.55. The maximum Gasteiger partial charge on any atom is 0.312 e. The molecule has 1 amide bonds. The molecule has 1 aromatic heterocycles. The normalized spacial score (nSPS) is 11.6. The highest BCUT2D eigenvalue weighted by Crippen LogP contribution is 2.36. The van der Waals surface area contributed by atoms with Crippen molar-refractivity contribution >= 4 is 11.6 Å². The maximum absolute atomic E-state index is 12.5. The number of nitrogens with zero attached hydrogens (tertiary/aromatic N) is 3. The molecule has 0 saturated heterocycles. The number of aliphatic hydroxyl groups is 1. The molecule has 0 spiro atoms. The van der Waals surface area contributed by atoms with Gasteiger partial charge in [0, 0.05) is 12.1 Å². The number of carbonyl (C=O) groups excluding carboxylic acids is 1. The number of nitro groups is 1. The SMILES string of the molecule is COc1cccc(OC)c1OCC(O)CNC(=O)c1ccc(Cn2nc(C)c([N+](=O)[O-])c2C)cc1. The molecule has 1 atom stereocenters. The molecule has 0 aliphatic heterocycles. The van der Waals surface area contributed by atoms with Gasteiger partial charge in [0.05, 0.1) is 25.7 Å². The molecule has 0 bridgehead atoms. The highest BCUT2D eigenvalue weighted by Gasteiger charge is 2.21. The number of ether oxygens (including phenoxy) is 3. The summed E-state index contributed by atoms with van der Waals surface area (Å²) in [5.41, 5.74) is 2.08. The number of para-hydroxylation sites is 1. The van der Waals surface area contributed by atoms with E-state index in [1.165, 1.54) is 14.2 Å². The van der Waals surface area contributed by atoms with Gasteiger partial charge >= 0.3 is 5.69 Å². The van der Waals surface area contributed by atoms with Crippen molar-refractivity contribution in [2.24, 2.45) is 0 Å². The molecule has 3 rings (SSSR count). The minimum Gasteiger partial charge on any atom is -0.493 e. The van der Waals surface area contributed by atoms with E-state index in [4.69, 9.17) is 14.2 Å². The Morgan fingerprint density at radius 2 is 1.77 bits per heavy atom. The van der Waals surface area contributed by atoms with Crippen LogP contribution in [0.15, 0.2) is 42.5 Å². The van der Waals surface area contributed by atoms with Gasteiger partial charge in [-0.25, -0.2) is 0 Å². The topological polar surface area (TPSA) is 138 Å². The number of methoxy groups -OCH3 is 2. The molecule has 1 heterocycles. The summed E-state index contributed by atoms with van der Waals surface area (Å²) in [4.78, 5) is 23.2. The third-order valence-corrected chi connectivity index (χ3v) is 5.38. The van der Waals surface area contributed by atoms with E-state index in [0.29, 0.717) is 40.7 Å². The summed E-state index contributed by atoms with van der Waals surface area (Å²) in [6.07, 6.45) is -0.963. The van der Waals surface area contributed by atoms with Gasteiger partial charge in [-0.05, 0) is 43.7 Å². The van der Waals surface area contributed by atoms with Crippen LogP contribution in [-0.2, 0) is 6.54 Å². The van der Waals surface area contributed by atoms with E-state index in [2.05, 4.69) is 10.4 Å². The zero-order valence-electron chi connectivity index (χ0n) is 20.0. The summed E-state index contributed by atoms with van der Waals surface area (Å²) in [6, 6.07) is 12.0.